The van der Waals surface area contributed by atoms with Gasteiger partial charge in [-0.05, 0) is 19.3 Å². The van der Waals surface area contributed by atoms with Crippen molar-refractivity contribution in [2.45, 2.75) is 71.1 Å². The van der Waals surface area contributed by atoms with Crippen LogP contribution in [0.5, 0.6) is 0 Å². The zero-order chi connectivity index (χ0) is 11.9. The van der Waals surface area contributed by atoms with Crippen LogP contribution in [0.4, 0.5) is 0 Å². The summed E-state index contributed by atoms with van der Waals surface area (Å²) in [5.74, 6) is 0. The van der Waals surface area contributed by atoms with Crippen molar-refractivity contribution in [1.82, 2.24) is 0 Å². The van der Waals surface area contributed by atoms with Crippen molar-refractivity contribution in [1.29, 1.82) is 0 Å². The topological polar surface area (TPSA) is 29.5 Å². The van der Waals surface area contributed by atoms with Crippen LogP contribution < -0.4 is 0 Å². The van der Waals surface area contributed by atoms with Gasteiger partial charge in [0.2, 0.25) is 0 Å². The summed E-state index contributed by atoms with van der Waals surface area (Å²) in [6.45, 7) is 5.38. The molecule has 2 nitrogen and oxygen atoms in total. The second kappa shape index (κ2) is 14.9. The molecule has 0 aromatic heterocycles. The maximum atomic E-state index is 8.59. The Morgan fingerprint density at radius 1 is 0.875 bits per heavy atom. The number of rotatable bonds is 13. The summed E-state index contributed by atoms with van der Waals surface area (Å²) in [6.07, 6.45) is 12.1. The molecule has 0 unspecified atom stereocenters. The maximum Gasteiger partial charge on any atom is 0.0836 e. The van der Waals surface area contributed by atoms with Gasteiger partial charge in [-0.3, -0.25) is 0 Å². The highest BCUT2D eigenvalue weighted by molar-refractivity contribution is 4.52. The lowest BCUT2D eigenvalue weighted by molar-refractivity contribution is 0.182. The average Bonchev–Trinajstić information content (AvgIpc) is 2.31. The van der Waals surface area contributed by atoms with Crippen LogP contribution in [0.2, 0.25) is 0 Å². The van der Waals surface area contributed by atoms with Gasteiger partial charge in [-0.2, -0.15) is 0 Å². The zero-order valence-corrected chi connectivity index (χ0v) is 10.9. The summed E-state index contributed by atoms with van der Waals surface area (Å²) in [7, 11) is 0. The molecule has 0 aliphatic carbocycles. The van der Waals surface area contributed by atoms with Crippen LogP contribution in [0.15, 0.2) is 0 Å². The van der Waals surface area contributed by atoms with Gasteiger partial charge >= 0.3 is 0 Å². The Bertz CT molecular complexity index is 101. The van der Waals surface area contributed by atoms with E-state index in [2.05, 4.69) is 6.92 Å². The Labute approximate surface area is 101 Å². The lowest BCUT2D eigenvalue weighted by atomic mass is 10.1. The first kappa shape index (κ1) is 15.9. The van der Waals surface area contributed by atoms with Crippen LogP contribution in [-0.4, -0.2) is 18.3 Å². The zero-order valence-electron chi connectivity index (χ0n) is 10.9. The summed E-state index contributed by atoms with van der Waals surface area (Å²) in [6, 6.07) is 0. The molecule has 0 saturated carbocycles. The predicted octanol–water partition coefficient (Wildman–Crippen LogP) is 4.08. The molecule has 0 bridgehead atoms. The molecule has 0 heterocycles. The van der Waals surface area contributed by atoms with E-state index in [1.165, 1.54) is 38.5 Å². The Morgan fingerprint density at radius 2 is 1.56 bits per heavy atom. The minimum absolute atomic E-state index is 0.324. The molecule has 2 heteroatoms. The molecule has 0 atom stereocenters. The highest BCUT2D eigenvalue weighted by Crippen LogP contribution is 2.07. The average molecular weight is 229 g/mol. The van der Waals surface area contributed by atoms with Gasteiger partial charge in [0.25, 0.3) is 0 Å². The quantitative estimate of drug-likeness (QED) is 0.482. The molecule has 0 aromatic rings. The van der Waals surface area contributed by atoms with Gasteiger partial charge < -0.3 is 9.84 Å². The fourth-order valence-electron chi connectivity index (χ4n) is 1.65. The van der Waals surface area contributed by atoms with Crippen molar-refractivity contribution in [2.75, 3.05) is 13.2 Å². The van der Waals surface area contributed by atoms with Crippen molar-refractivity contribution >= 4 is 0 Å². The Kier molecular flexibility index (Phi) is 14.8. The number of aliphatic hydroxyl groups excluding tert-OH is 1. The molecule has 0 spiro atoms. The summed E-state index contributed by atoms with van der Waals surface area (Å²) < 4.78 is 5.43. The first-order valence-electron chi connectivity index (χ1n) is 6.96. The normalized spacial score (nSPS) is 10.9. The van der Waals surface area contributed by atoms with E-state index in [-0.39, 0.29) is 0 Å². The summed E-state index contributed by atoms with van der Waals surface area (Å²) in [5, 5.41) is 8.59. The fourth-order valence-corrected chi connectivity index (χ4v) is 1.65. The highest BCUT2D eigenvalue weighted by atomic mass is 16.5. The third-order valence-corrected chi connectivity index (χ3v) is 2.71. The van der Waals surface area contributed by atoms with Gasteiger partial charge in [-0.25, -0.2) is 0 Å². The third-order valence-electron chi connectivity index (χ3n) is 2.71. The molecular weight excluding hydrogens is 200 g/mol. The van der Waals surface area contributed by atoms with E-state index in [1.54, 1.807) is 0 Å². The van der Waals surface area contributed by atoms with Gasteiger partial charge in [-0.1, -0.05) is 51.9 Å². The van der Waals surface area contributed by atoms with Crippen molar-refractivity contribution in [3.63, 3.8) is 0 Å². The molecule has 0 saturated heterocycles. The van der Waals surface area contributed by atoms with Gasteiger partial charge in [0.15, 0.2) is 0 Å². The minimum Gasteiger partial charge on any atom is -0.396 e. The summed E-state index contributed by atoms with van der Waals surface area (Å²) in [5.41, 5.74) is 0. The van der Waals surface area contributed by atoms with Gasteiger partial charge in [-0.15, -0.1) is 0 Å². The first-order chi connectivity index (χ1) is 7.91. The molecule has 1 N–H and O–H groups in total. The van der Waals surface area contributed by atoms with Gasteiger partial charge in [0, 0.05) is 13.2 Å². The van der Waals surface area contributed by atoms with Crippen LogP contribution in [0, 0.1) is 6.61 Å². The van der Waals surface area contributed by atoms with Crippen molar-refractivity contribution < 1.29 is 9.84 Å². The van der Waals surface area contributed by atoms with E-state index >= 15 is 0 Å². The Morgan fingerprint density at radius 3 is 2.31 bits per heavy atom. The van der Waals surface area contributed by atoms with Crippen LogP contribution in [0.25, 0.3) is 0 Å². The molecule has 97 valence electrons. The second-order valence-electron chi connectivity index (χ2n) is 4.38. The van der Waals surface area contributed by atoms with Crippen molar-refractivity contribution in [2.24, 2.45) is 0 Å². The minimum atomic E-state index is 0.324. The fraction of sp³-hybridized carbons (Fsp3) is 0.929. The van der Waals surface area contributed by atoms with E-state index in [0.29, 0.717) is 6.61 Å². The summed E-state index contributed by atoms with van der Waals surface area (Å²) in [4.78, 5) is 0. The van der Waals surface area contributed by atoms with Crippen LogP contribution in [0.1, 0.15) is 71.1 Å². The lowest BCUT2D eigenvalue weighted by Gasteiger charge is -2.03. The molecule has 0 fully saturated rings. The SMILES string of the molecule is CCCCCCC[CH]OCCCCCCO. The van der Waals surface area contributed by atoms with Gasteiger partial charge in [0.05, 0.1) is 6.61 Å². The molecule has 0 aliphatic rings. The standard InChI is InChI=1S/C14H29O2/c1-2-3-4-5-7-10-13-16-14-11-8-6-9-12-15/h13,15H,2-12,14H2,1H3. The molecule has 1 radical (unpaired) electrons. The van der Waals surface area contributed by atoms with Crippen molar-refractivity contribution in [3.05, 3.63) is 6.61 Å². The van der Waals surface area contributed by atoms with Crippen LogP contribution in [0.3, 0.4) is 0 Å². The van der Waals surface area contributed by atoms with Gasteiger partial charge in [0.1, 0.15) is 0 Å². The summed E-state index contributed by atoms with van der Waals surface area (Å²) >= 11 is 0. The maximum absolute atomic E-state index is 8.59. The smallest absolute Gasteiger partial charge is 0.0836 e. The first-order valence-corrected chi connectivity index (χ1v) is 6.96. The number of unbranched alkanes of at least 4 members (excludes halogenated alkanes) is 8. The molecule has 16 heavy (non-hydrogen) atoms. The molecule has 0 rings (SSSR count). The monoisotopic (exact) mass is 229 g/mol. The largest absolute Gasteiger partial charge is 0.396 e. The molecule has 0 aliphatic heterocycles. The van der Waals surface area contributed by atoms with E-state index in [1.807, 2.05) is 6.61 Å². The van der Waals surface area contributed by atoms with E-state index in [9.17, 15) is 0 Å². The second-order valence-corrected chi connectivity index (χ2v) is 4.38. The molecule has 0 amide bonds. The number of aliphatic hydroxyl groups is 1. The van der Waals surface area contributed by atoms with Crippen LogP contribution >= 0.6 is 0 Å². The van der Waals surface area contributed by atoms with Crippen molar-refractivity contribution in [3.8, 4) is 0 Å². The number of ether oxygens (including phenoxy) is 1. The number of hydrogen-bond donors (Lipinski definition) is 1. The third kappa shape index (κ3) is 13.9. The molecular formula is C14H29O2. The van der Waals surface area contributed by atoms with E-state index in [0.717, 1.165) is 32.3 Å². The number of hydrogen-bond acceptors (Lipinski definition) is 2. The van der Waals surface area contributed by atoms with E-state index in [4.69, 9.17) is 9.84 Å². The predicted molar refractivity (Wildman–Crippen MR) is 69.2 cm³/mol. The highest BCUT2D eigenvalue weighted by Gasteiger charge is 1.93. The van der Waals surface area contributed by atoms with Crippen LogP contribution in [-0.2, 0) is 4.74 Å². The Balaban J connectivity index is 2.83. The lowest BCUT2D eigenvalue weighted by Crippen LogP contribution is -1.93. The van der Waals surface area contributed by atoms with E-state index < -0.39 is 0 Å². The molecule has 0 aromatic carbocycles. The Hall–Kier alpha value is -0.0800.